The van der Waals surface area contributed by atoms with E-state index in [4.69, 9.17) is 0 Å². The van der Waals surface area contributed by atoms with Gasteiger partial charge in [0.05, 0.1) is 0 Å². The molecule has 1 nitrogen and oxygen atoms in total. The van der Waals surface area contributed by atoms with Crippen LogP contribution in [-0.2, 0) is 0 Å². The van der Waals surface area contributed by atoms with Gasteiger partial charge in [-0.05, 0) is 30.7 Å². The summed E-state index contributed by atoms with van der Waals surface area (Å²) in [6, 6.07) is 22.0. The van der Waals surface area contributed by atoms with Gasteiger partial charge in [0.25, 0.3) is 0 Å². The largest absolute Gasteiger partial charge is 0.573 e. The Hall–Kier alpha value is -2.39. The van der Waals surface area contributed by atoms with Crippen LogP contribution < -0.4 is 20.7 Å². The fraction of sp³-hybridized carbons (Fsp3) is 0.0526. The molecule has 3 aromatic rings. The first-order chi connectivity index (χ1) is 11.9. The Kier molecular flexibility index (Phi) is 5.05. The van der Waals surface area contributed by atoms with Crippen molar-refractivity contribution >= 4 is 23.8 Å². The van der Waals surface area contributed by atoms with E-state index < -0.39 is 25.9 Å². The van der Waals surface area contributed by atoms with Gasteiger partial charge in [0.15, 0.2) is 0 Å². The van der Waals surface area contributed by atoms with E-state index in [0.717, 1.165) is 22.7 Å². The number of halogens is 4. The molecule has 3 rings (SSSR count). The molecule has 0 saturated carbocycles. The van der Waals surface area contributed by atoms with Crippen LogP contribution >= 0.6 is 7.92 Å². The Labute approximate surface area is 143 Å². The molecule has 6 heteroatoms. The molecule has 0 aliphatic heterocycles. The topological polar surface area (TPSA) is 9.23 Å². The third kappa shape index (κ3) is 4.37. The van der Waals surface area contributed by atoms with E-state index in [1.165, 1.54) is 6.07 Å². The third-order valence-corrected chi connectivity index (χ3v) is 5.90. The zero-order valence-corrected chi connectivity index (χ0v) is 13.8. The summed E-state index contributed by atoms with van der Waals surface area (Å²) in [7, 11) is -1.22. The minimum absolute atomic E-state index is 0.349. The van der Waals surface area contributed by atoms with Crippen molar-refractivity contribution < 1.29 is 22.3 Å². The molecule has 0 saturated heterocycles. The van der Waals surface area contributed by atoms with Crippen molar-refractivity contribution in [1.82, 2.24) is 0 Å². The second-order valence-corrected chi connectivity index (χ2v) is 7.35. The molecular weight excluding hydrogens is 351 g/mol. The number of benzene rings is 3. The highest BCUT2D eigenvalue weighted by Crippen LogP contribution is 2.35. The second-order valence-electron chi connectivity index (χ2n) is 5.17. The predicted molar refractivity (Wildman–Crippen MR) is 91.8 cm³/mol. The van der Waals surface area contributed by atoms with Crippen LogP contribution in [0.2, 0.25) is 0 Å². The SMILES string of the molecule is Fc1cc(OC(F)(F)F)ccc1P(c1ccccc1)c1ccccc1. The third-order valence-electron chi connectivity index (χ3n) is 3.42. The van der Waals surface area contributed by atoms with Crippen molar-refractivity contribution in [1.29, 1.82) is 0 Å². The summed E-state index contributed by atoms with van der Waals surface area (Å²) >= 11 is 0. The van der Waals surface area contributed by atoms with E-state index in [1.807, 2.05) is 60.7 Å². The second kappa shape index (κ2) is 7.24. The molecule has 0 unspecified atom stereocenters. The van der Waals surface area contributed by atoms with Crippen LogP contribution in [0.1, 0.15) is 0 Å². The predicted octanol–water partition coefficient (Wildman–Crippen LogP) is 4.48. The molecule has 3 aromatic carbocycles. The van der Waals surface area contributed by atoms with Gasteiger partial charge in [-0.25, -0.2) is 4.39 Å². The zero-order valence-electron chi connectivity index (χ0n) is 12.9. The van der Waals surface area contributed by atoms with Crippen LogP contribution in [0.5, 0.6) is 5.75 Å². The highest BCUT2D eigenvalue weighted by molar-refractivity contribution is 7.79. The van der Waals surface area contributed by atoms with Crippen molar-refractivity contribution in [3.8, 4) is 5.75 Å². The highest BCUT2D eigenvalue weighted by Gasteiger charge is 2.31. The summed E-state index contributed by atoms with van der Waals surface area (Å²) in [4.78, 5) is 0. The van der Waals surface area contributed by atoms with Crippen LogP contribution in [-0.4, -0.2) is 6.36 Å². The van der Waals surface area contributed by atoms with Gasteiger partial charge in [0.2, 0.25) is 0 Å². The maximum Gasteiger partial charge on any atom is 0.573 e. The lowest BCUT2D eigenvalue weighted by atomic mass is 10.3. The van der Waals surface area contributed by atoms with Gasteiger partial charge in [-0.2, -0.15) is 0 Å². The molecule has 0 bridgehead atoms. The summed E-state index contributed by atoms with van der Waals surface area (Å²) in [5.41, 5.74) is 0. The molecule has 25 heavy (non-hydrogen) atoms. The number of alkyl halides is 3. The Bertz CT molecular complexity index is 796. The number of hydrogen-bond donors (Lipinski definition) is 0. The summed E-state index contributed by atoms with van der Waals surface area (Å²) < 4.78 is 55.4. The van der Waals surface area contributed by atoms with E-state index in [1.54, 1.807) is 0 Å². The first-order valence-electron chi connectivity index (χ1n) is 7.39. The quantitative estimate of drug-likeness (QED) is 0.490. The van der Waals surface area contributed by atoms with E-state index in [2.05, 4.69) is 4.74 Å². The average molecular weight is 364 g/mol. The fourth-order valence-electron chi connectivity index (χ4n) is 2.45. The normalized spacial score (nSPS) is 11.6. The maximum atomic E-state index is 14.6. The fourth-order valence-corrected chi connectivity index (χ4v) is 4.74. The molecule has 0 aliphatic rings. The van der Waals surface area contributed by atoms with E-state index in [-0.39, 0.29) is 0 Å². The van der Waals surface area contributed by atoms with Crippen LogP contribution in [0, 0.1) is 5.82 Å². The summed E-state index contributed by atoms with van der Waals surface area (Å²) in [6.07, 6.45) is -4.85. The molecule has 0 aromatic heterocycles. The van der Waals surface area contributed by atoms with Crippen LogP contribution in [0.3, 0.4) is 0 Å². The average Bonchev–Trinajstić information content (AvgIpc) is 2.58. The maximum absolute atomic E-state index is 14.6. The van der Waals surface area contributed by atoms with E-state index >= 15 is 0 Å². The molecule has 0 amide bonds. The van der Waals surface area contributed by atoms with Gasteiger partial charge in [0, 0.05) is 11.4 Å². The molecule has 0 fully saturated rings. The van der Waals surface area contributed by atoms with Gasteiger partial charge < -0.3 is 4.74 Å². The van der Waals surface area contributed by atoms with Crippen molar-refractivity contribution in [2.75, 3.05) is 0 Å². The Balaban J connectivity index is 2.05. The van der Waals surface area contributed by atoms with Crippen LogP contribution in [0.4, 0.5) is 17.6 Å². The molecule has 0 spiro atoms. The number of hydrogen-bond acceptors (Lipinski definition) is 1. The van der Waals surface area contributed by atoms with E-state index in [0.29, 0.717) is 5.30 Å². The lowest BCUT2D eigenvalue weighted by Crippen LogP contribution is -2.23. The van der Waals surface area contributed by atoms with Gasteiger partial charge in [-0.1, -0.05) is 60.7 Å². The van der Waals surface area contributed by atoms with Crippen molar-refractivity contribution in [2.24, 2.45) is 0 Å². The molecule has 0 atom stereocenters. The first kappa shape index (κ1) is 17.4. The van der Waals surface area contributed by atoms with Gasteiger partial charge in [0.1, 0.15) is 11.6 Å². The number of ether oxygens (including phenoxy) is 1. The lowest BCUT2D eigenvalue weighted by Gasteiger charge is -2.20. The van der Waals surface area contributed by atoms with Crippen molar-refractivity contribution in [2.45, 2.75) is 6.36 Å². The van der Waals surface area contributed by atoms with Crippen LogP contribution in [0.15, 0.2) is 78.9 Å². The smallest absolute Gasteiger partial charge is 0.406 e. The van der Waals surface area contributed by atoms with Crippen molar-refractivity contribution in [3.05, 3.63) is 84.7 Å². The Morgan fingerprint density at radius 1 is 0.720 bits per heavy atom. The van der Waals surface area contributed by atoms with Crippen molar-refractivity contribution in [3.63, 3.8) is 0 Å². The molecule has 0 radical (unpaired) electrons. The van der Waals surface area contributed by atoms with Crippen LogP contribution in [0.25, 0.3) is 0 Å². The molecule has 0 heterocycles. The summed E-state index contributed by atoms with van der Waals surface area (Å²) in [5, 5.41) is 2.17. The standard InChI is InChI=1S/C19H13F4OP/c20-17-13-14(24-19(21,22)23)11-12-18(17)25(15-7-3-1-4-8-15)16-9-5-2-6-10-16/h1-13H. The van der Waals surface area contributed by atoms with E-state index in [9.17, 15) is 17.6 Å². The minimum atomic E-state index is -4.85. The number of rotatable bonds is 4. The molecule has 128 valence electrons. The van der Waals surface area contributed by atoms with Gasteiger partial charge >= 0.3 is 6.36 Å². The lowest BCUT2D eigenvalue weighted by molar-refractivity contribution is -0.274. The molecule has 0 N–H and O–H groups in total. The minimum Gasteiger partial charge on any atom is -0.406 e. The monoisotopic (exact) mass is 364 g/mol. The van der Waals surface area contributed by atoms with Gasteiger partial charge in [-0.15, -0.1) is 13.2 Å². The molecule has 0 aliphatic carbocycles. The van der Waals surface area contributed by atoms with Gasteiger partial charge in [-0.3, -0.25) is 0 Å². The Morgan fingerprint density at radius 3 is 1.68 bits per heavy atom. The summed E-state index contributed by atoms with van der Waals surface area (Å²) in [5.74, 6) is -1.29. The Morgan fingerprint density at radius 2 is 1.24 bits per heavy atom. The first-order valence-corrected chi connectivity index (χ1v) is 8.74. The highest BCUT2D eigenvalue weighted by atomic mass is 31.1. The summed E-state index contributed by atoms with van der Waals surface area (Å²) in [6.45, 7) is 0. The zero-order chi connectivity index (χ0) is 17.9. The molecular formula is C19H13F4OP.